The second-order valence-corrected chi connectivity index (χ2v) is 3.63. The van der Waals surface area contributed by atoms with E-state index in [1.54, 1.807) is 0 Å². The van der Waals surface area contributed by atoms with Gasteiger partial charge in [0.1, 0.15) is 0 Å². The van der Waals surface area contributed by atoms with E-state index in [9.17, 15) is 0 Å². The van der Waals surface area contributed by atoms with Crippen LogP contribution in [0.25, 0.3) is 0 Å². The van der Waals surface area contributed by atoms with Gasteiger partial charge in [0.2, 0.25) is 0 Å². The van der Waals surface area contributed by atoms with Gasteiger partial charge in [-0.2, -0.15) is 0 Å². The zero-order valence-corrected chi connectivity index (χ0v) is 7.70. The molecule has 0 aromatic heterocycles. The Kier molecular flexibility index (Phi) is 2.57. The third-order valence-corrected chi connectivity index (χ3v) is 2.71. The molecule has 0 amide bonds. The Bertz CT molecular complexity index is 181. The molecule has 1 fully saturated rings. The van der Waals surface area contributed by atoms with E-state index in [-0.39, 0.29) is 0 Å². The van der Waals surface area contributed by atoms with Gasteiger partial charge in [-0.05, 0) is 32.2 Å². The molecule has 1 nitrogen and oxygen atoms in total. The largest absolute Gasteiger partial charge is 0.316 e. The Morgan fingerprint density at radius 1 is 1.55 bits per heavy atom. The first-order chi connectivity index (χ1) is 5.23. The molecule has 1 aliphatic rings. The minimum absolute atomic E-state index is 0.554. The summed E-state index contributed by atoms with van der Waals surface area (Å²) in [6.07, 6.45) is 3.73. The van der Waals surface area contributed by atoms with Crippen LogP contribution in [0.1, 0.15) is 33.1 Å². The van der Waals surface area contributed by atoms with E-state index in [4.69, 9.17) is 0 Å². The SMILES string of the molecule is CC#CCC(NC)C1(C)CC1. The third kappa shape index (κ3) is 1.97. The van der Waals surface area contributed by atoms with Gasteiger partial charge >= 0.3 is 0 Å². The van der Waals surface area contributed by atoms with Crippen molar-refractivity contribution in [3.05, 3.63) is 0 Å². The van der Waals surface area contributed by atoms with E-state index in [0.29, 0.717) is 11.5 Å². The fraction of sp³-hybridized carbons (Fsp3) is 0.800. The molecule has 0 aliphatic heterocycles. The number of hydrogen-bond acceptors (Lipinski definition) is 1. The van der Waals surface area contributed by atoms with Crippen molar-refractivity contribution in [2.24, 2.45) is 5.41 Å². The molecule has 0 aromatic carbocycles. The molecule has 0 heterocycles. The first kappa shape index (κ1) is 8.62. The minimum Gasteiger partial charge on any atom is -0.316 e. The van der Waals surface area contributed by atoms with Crippen molar-refractivity contribution in [3.8, 4) is 11.8 Å². The van der Waals surface area contributed by atoms with E-state index in [1.807, 2.05) is 14.0 Å². The molecule has 1 aliphatic carbocycles. The van der Waals surface area contributed by atoms with Gasteiger partial charge in [0.15, 0.2) is 0 Å². The smallest absolute Gasteiger partial charge is 0.0248 e. The zero-order valence-electron chi connectivity index (χ0n) is 7.70. The van der Waals surface area contributed by atoms with Crippen LogP contribution in [0.5, 0.6) is 0 Å². The molecule has 11 heavy (non-hydrogen) atoms. The molecule has 0 saturated heterocycles. The molecular formula is C10H17N. The first-order valence-electron chi connectivity index (χ1n) is 4.30. The Balaban J connectivity index is 2.41. The molecular weight excluding hydrogens is 134 g/mol. The number of hydrogen-bond donors (Lipinski definition) is 1. The summed E-state index contributed by atoms with van der Waals surface area (Å²) in [6.45, 7) is 4.24. The van der Waals surface area contributed by atoms with E-state index < -0.39 is 0 Å². The van der Waals surface area contributed by atoms with Crippen LogP contribution in [0, 0.1) is 17.3 Å². The Morgan fingerprint density at radius 3 is 2.55 bits per heavy atom. The maximum atomic E-state index is 3.34. The second kappa shape index (κ2) is 3.28. The van der Waals surface area contributed by atoms with Gasteiger partial charge in [-0.25, -0.2) is 0 Å². The van der Waals surface area contributed by atoms with Gasteiger partial charge in [0, 0.05) is 12.5 Å². The maximum absolute atomic E-state index is 3.34. The van der Waals surface area contributed by atoms with Crippen LogP contribution in [0.4, 0.5) is 0 Å². The number of nitrogens with one attached hydrogen (secondary N) is 1. The molecule has 62 valence electrons. The molecule has 0 spiro atoms. The monoisotopic (exact) mass is 151 g/mol. The summed E-state index contributed by atoms with van der Waals surface area (Å²) >= 11 is 0. The van der Waals surface area contributed by atoms with Gasteiger partial charge in [0.05, 0.1) is 0 Å². The summed E-state index contributed by atoms with van der Waals surface area (Å²) in [4.78, 5) is 0. The minimum atomic E-state index is 0.554. The average Bonchev–Trinajstić information content (AvgIpc) is 2.71. The van der Waals surface area contributed by atoms with Crippen LogP contribution in [-0.4, -0.2) is 13.1 Å². The lowest BCUT2D eigenvalue weighted by Crippen LogP contribution is -2.32. The number of rotatable bonds is 3. The van der Waals surface area contributed by atoms with E-state index >= 15 is 0 Å². The van der Waals surface area contributed by atoms with Gasteiger partial charge in [-0.3, -0.25) is 0 Å². The van der Waals surface area contributed by atoms with Gasteiger partial charge in [-0.1, -0.05) is 6.92 Å². The van der Waals surface area contributed by atoms with Crippen molar-refractivity contribution in [1.82, 2.24) is 5.32 Å². The fourth-order valence-corrected chi connectivity index (χ4v) is 1.45. The summed E-state index contributed by atoms with van der Waals surface area (Å²) < 4.78 is 0. The van der Waals surface area contributed by atoms with Crippen LogP contribution in [0.3, 0.4) is 0 Å². The normalized spacial score (nSPS) is 21.7. The average molecular weight is 151 g/mol. The highest BCUT2D eigenvalue weighted by molar-refractivity contribution is 5.06. The van der Waals surface area contributed by atoms with Crippen LogP contribution >= 0.6 is 0 Å². The Morgan fingerprint density at radius 2 is 2.18 bits per heavy atom. The van der Waals surface area contributed by atoms with Gasteiger partial charge in [0.25, 0.3) is 0 Å². The molecule has 0 bridgehead atoms. The molecule has 0 aromatic rings. The lowest BCUT2D eigenvalue weighted by atomic mass is 9.96. The standard InChI is InChI=1S/C10H17N/c1-4-5-6-9(11-3)10(2)7-8-10/h9,11H,6-8H2,1-3H3. The van der Waals surface area contributed by atoms with Crippen LogP contribution in [0.2, 0.25) is 0 Å². The van der Waals surface area contributed by atoms with E-state index in [2.05, 4.69) is 24.1 Å². The molecule has 1 rings (SSSR count). The zero-order chi connectivity index (χ0) is 8.32. The highest BCUT2D eigenvalue weighted by Crippen LogP contribution is 2.48. The summed E-state index contributed by atoms with van der Waals surface area (Å²) in [5.41, 5.74) is 0.554. The molecule has 0 radical (unpaired) electrons. The quantitative estimate of drug-likeness (QED) is 0.606. The van der Waals surface area contributed by atoms with Crippen LogP contribution in [-0.2, 0) is 0 Å². The van der Waals surface area contributed by atoms with Crippen LogP contribution < -0.4 is 5.32 Å². The maximum Gasteiger partial charge on any atom is 0.0248 e. The fourth-order valence-electron chi connectivity index (χ4n) is 1.45. The summed E-state index contributed by atoms with van der Waals surface area (Å²) in [7, 11) is 2.03. The van der Waals surface area contributed by atoms with E-state index in [1.165, 1.54) is 12.8 Å². The molecule has 1 unspecified atom stereocenters. The van der Waals surface area contributed by atoms with Crippen molar-refractivity contribution in [2.75, 3.05) is 7.05 Å². The molecule has 1 N–H and O–H groups in total. The highest BCUT2D eigenvalue weighted by atomic mass is 14.9. The third-order valence-electron chi connectivity index (χ3n) is 2.71. The summed E-state index contributed by atoms with van der Waals surface area (Å²) in [5.74, 6) is 6.08. The molecule has 1 atom stereocenters. The topological polar surface area (TPSA) is 12.0 Å². The predicted molar refractivity (Wildman–Crippen MR) is 48.3 cm³/mol. The van der Waals surface area contributed by atoms with Crippen molar-refractivity contribution in [1.29, 1.82) is 0 Å². The van der Waals surface area contributed by atoms with Crippen LogP contribution in [0.15, 0.2) is 0 Å². The molecule has 1 heteroatoms. The Labute approximate surface area is 69.6 Å². The van der Waals surface area contributed by atoms with Crippen molar-refractivity contribution in [3.63, 3.8) is 0 Å². The Hall–Kier alpha value is -0.480. The first-order valence-corrected chi connectivity index (χ1v) is 4.30. The van der Waals surface area contributed by atoms with E-state index in [0.717, 1.165) is 6.42 Å². The highest BCUT2D eigenvalue weighted by Gasteiger charge is 2.43. The second-order valence-electron chi connectivity index (χ2n) is 3.63. The lowest BCUT2D eigenvalue weighted by molar-refractivity contribution is 0.385. The van der Waals surface area contributed by atoms with Crippen molar-refractivity contribution in [2.45, 2.75) is 39.2 Å². The van der Waals surface area contributed by atoms with Crippen molar-refractivity contribution < 1.29 is 0 Å². The summed E-state index contributed by atoms with van der Waals surface area (Å²) in [6, 6.07) is 0.606. The van der Waals surface area contributed by atoms with Gasteiger partial charge in [-0.15, -0.1) is 11.8 Å². The molecule has 1 saturated carbocycles. The summed E-state index contributed by atoms with van der Waals surface area (Å²) in [5, 5.41) is 3.34. The van der Waals surface area contributed by atoms with Gasteiger partial charge < -0.3 is 5.32 Å². The predicted octanol–water partition coefficient (Wildman–Crippen LogP) is 1.79. The lowest BCUT2D eigenvalue weighted by Gasteiger charge is -2.20. The van der Waals surface area contributed by atoms with Crippen molar-refractivity contribution >= 4 is 0 Å².